The van der Waals surface area contributed by atoms with E-state index in [1.54, 1.807) is 5.38 Å². The van der Waals surface area contributed by atoms with Gasteiger partial charge in [-0.25, -0.2) is 17.7 Å². The molecule has 1 heterocycles. The number of rotatable bonds is 5. The molecule has 29 heavy (non-hydrogen) atoms. The Hall–Kier alpha value is -3.08. The van der Waals surface area contributed by atoms with Crippen LogP contribution in [0.25, 0.3) is 10.6 Å². The fourth-order valence-corrected chi connectivity index (χ4v) is 4.10. The zero-order valence-corrected chi connectivity index (χ0v) is 17.3. The number of carbonyl (C=O) groups is 2. The zero-order chi connectivity index (χ0) is 21.0. The first-order valence-electron chi connectivity index (χ1n) is 8.43. The fraction of sp³-hybridized carbons (Fsp3) is 0.105. The Bertz CT molecular complexity index is 1140. The van der Waals surface area contributed by atoms with Gasteiger partial charge in [-0.2, -0.15) is 0 Å². The van der Waals surface area contributed by atoms with Gasteiger partial charge in [-0.05, 0) is 18.2 Å². The summed E-state index contributed by atoms with van der Waals surface area (Å²) in [7, 11) is -0.868. The third-order valence-electron chi connectivity index (χ3n) is 3.92. The van der Waals surface area contributed by atoms with Crippen molar-refractivity contribution in [1.29, 1.82) is 0 Å². The monoisotopic (exact) mass is 430 g/mol. The number of hydrogen-bond acceptors (Lipinski definition) is 6. The van der Waals surface area contributed by atoms with Crippen molar-refractivity contribution in [2.75, 3.05) is 14.1 Å². The van der Waals surface area contributed by atoms with Gasteiger partial charge in [0.25, 0.3) is 11.8 Å². The maximum Gasteiger partial charge on any atom is 0.289 e. The molecule has 2 aromatic carbocycles. The molecule has 3 rings (SSSR count). The maximum atomic E-state index is 12.3. The lowest BCUT2D eigenvalue weighted by atomic mass is 10.2. The number of benzene rings is 2. The molecular formula is C19H18N4O4S2. The van der Waals surface area contributed by atoms with Crippen LogP contribution in [-0.2, 0) is 10.0 Å². The summed E-state index contributed by atoms with van der Waals surface area (Å²) < 4.78 is 25.4. The molecule has 0 saturated carbocycles. The summed E-state index contributed by atoms with van der Waals surface area (Å²) in [5, 5.41) is 2.28. The molecule has 0 radical (unpaired) electrons. The molecule has 0 bridgehead atoms. The van der Waals surface area contributed by atoms with Crippen LogP contribution in [0, 0.1) is 0 Å². The zero-order valence-electron chi connectivity index (χ0n) is 15.6. The molecule has 0 aliphatic heterocycles. The summed E-state index contributed by atoms with van der Waals surface area (Å²) in [6, 6.07) is 15.0. The molecule has 1 aromatic heterocycles. The maximum absolute atomic E-state index is 12.3. The summed E-state index contributed by atoms with van der Waals surface area (Å²) >= 11 is 1.31. The van der Waals surface area contributed by atoms with Gasteiger partial charge in [0, 0.05) is 30.6 Å². The second kappa shape index (κ2) is 8.52. The summed E-state index contributed by atoms with van der Waals surface area (Å²) in [5.74, 6) is -1.22. The highest BCUT2D eigenvalue weighted by molar-refractivity contribution is 7.89. The van der Waals surface area contributed by atoms with E-state index >= 15 is 0 Å². The van der Waals surface area contributed by atoms with Gasteiger partial charge in [-0.3, -0.25) is 20.4 Å². The molecule has 150 valence electrons. The SMILES string of the molecule is CN(C)S(=O)(=O)c1cccc(C(=O)NNC(=O)c2csc(-c3ccccc3)n2)c1. The van der Waals surface area contributed by atoms with Crippen LogP contribution in [0.2, 0.25) is 0 Å². The van der Waals surface area contributed by atoms with E-state index in [4.69, 9.17) is 0 Å². The minimum Gasteiger partial charge on any atom is -0.267 e. The predicted octanol–water partition coefficient (Wildman–Crippen LogP) is 2.14. The molecule has 0 atom stereocenters. The van der Waals surface area contributed by atoms with E-state index in [-0.39, 0.29) is 16.2 Å². The van der Waals surface area contributed by atoms with Crippen molar-refractivity contribution in [1.82, 2.24) is 20.1 Å². The third-order valence-corrected chi connectivity index (χ3v) is 6.62. The van der Waals surface area contributed by atoms with Crippen molar-refractivity contribution in [2.24, 2.45) is 0 Å². The van der Waals surface area contributed by atoms with Crippen LogP contribution in [-0.4, -0.2) is 43.6 Å². The Morgan fingerprint density at radius 2 is 1.66 bits per heavy atom. The molecule has 3 aromatic rings. The normalized spacial score (nSPS) is 11.3. The van der Waals surface area contributed by atoms with Crippen LogP contribution in [0.3, 0.4) is 0 Å². The van der Waals surface area contributed by atoms with Crippen LogP contribution >= 0.6 is 11.3 Å². The number of thiazole rings is 1. The van der Waals surface area contributed by atoms with Gasteiger partial charge in [0.2, 0.25) is 10.0 Å². The number of sulfonamides is 1. The standard InChI is InChI=1S/C19H18N4O4S2/c1-23(2)29(26,27)15-10-6-9-14(11-15)17(24)21-22-18(25)16-12-28-19(20-16)13-7-4-3-5-8-13/h3-12H,1-2H3,(H,21,24)(H,22,25). The van der Waals surface area contributed by atoms with Gasteiger partial charge < -0.3 is 0 Å². The van der Waals surface area contributed by atoms with Gasteiger partial charge >= 0.3 is 0 Å². The van der Waals surface area contributed by atoms with E-state index in [0.717, 1.165) is 9.87 Å². The predicted molar refractivity (Wildman–Crippen MR) is 110 cm³/mol. The van der Waals surface area contributed by atoms with E-state index in [1.807, 2.05) is 30.3 Å². The molecule has 8 nitrogen and oxygen atoms in total. The van der Waals surface area contributed by atoms with Crippen LogP contribution in [0.1, 0.15) is 20.8 Å². The average Bonchev–Trinajstić information content (AvgIpc) is 3.23. The molecule has 0 aliphatic rings. The number of nitrogens with one attached hydrogen (secondary N) is 2. The van der Waals surface area contributed by atoms with E-state index in [1.165, 1.54) is 49.7 Å². The second-order valence-electron chi connectivity index (χ2n) is 6.13. The van der Waals surface area contributed by atoms with E-state index in [9.17, 15) is 18.0 Å². The molecule has 0 saturated heterocycles. The minimum atomic E-state index is -3.67. The highest BCUT2D eigenvalue weighted by atomic mass is 32.2. The highest BCUT2D eigenvalue weighted by Crippen LogP contribution is 2.23. The summed E-state index contributed by atoms with van der Waals surface area (Å²) in [5.41, 5.74) is 5.71. The van der Waals surface area contributed by atoms with Crippen molar-refractivity contribution < 1.29 is 18.0 Å². The summed E-state index contributed by atoms with van der Waals surface area (Å²) in [4.78, 5) is 28.8. The first kappa shape index (κ1) is 20.6. The summed E-state index contributed by atoms with van der Waals surface area (Å²) in [6.07, 6.45) is 0. The lowest BCUT2D eigenvalue weighted by molar-refractivity contribution is 0.0844. The quantitative estimate of drug-likeness (QED) is 0.603. The Morgan fingerprint density at radius 3 is 2.34 bits per heavy atom. The lowest BCUT2D eigenvalue weighted by Crippen LogP contribution is -2.41. The number of carbonyl (C=O) groups excluding carboxylic acids is 2. The van der Waals surface area contributed by atoms with Crippen molar-refractivity contribution >= 4 is 33.2 Å². The third kappa shape index (κ3) is 4.67. The largest absolute Gasteiger partial charge is 0.289 e. The van der Waals surface area contributed by atoms with E-state index in [0.29, 0.717) is 5.01 Å². The first-order valence-corrected chi connectivity index (χ1v) is 10.8. The van der Waals surface area contributed by atoms with Gasteiger partial charge in [-0.1, -0.05) is 36.4 Å². The smallest absolute Gasteiger partial charge is 0.267 e. The Labute approximate surface area is 172 Å². The van der Waals surface area contributed by atoms with Crippen molar-refractivity contribution in [3.63, 3.8) is 0 Å². The van der Waals surface area contributed by atoms with Gasteiger partial charge in [0.15, 0.2) is 0 Å². The molecule has 0 fully saturated rings. The number of aromatic nitrogens is 1. The van der Waals surface area contributed by atoms with E-state index in [2.05, 4.69) is 15.8 Å². The minimum absolute atomic E-state index is 0.0199. The van der Waals surface area contributed by atoms with Gasteiger partial charge in [0.05, 0.1) is 4.90 Å². The first-order chi connectivity index (χ1) is 13.8. The molecule has 2 amide bonds. The Morgan fingerprint density at radius 1 is 0.966 bits per heavy atom. The molecule has 2 N–H and O–H groups in total. The Kier molecular flexibility index (Phi) is 6.06. The highest BCUT2D eigenvalue weighted by Gasteiger charge is 2.19. The molecular weight excluding hydrogens is 412 g/mol. The van der Waals surface area contributed by atoms with Crippen molar-refractivity contribution in [3.8, 4) is 10.6 Å². The number of amides is 2. The molecule has 10 heteroatoms. The van der Waals surface area contributed by atoms with E-state index < -0.39 is 21.8 Å². The summed E-state index contributed by atoms with van der Waals surface area (Å²) in [6.45, 7) is 0. The molecule has 0 spiro atoms. The fourth-order valence-electron chi connectivity index (χ4n) is 2.35. The van der Waals surface area contributed by atoms with Crippen molar-refractivity contribution in [2.45, 2.75) is 4.90 Å². The second-order valence-corrected chi connectivity index (χ2v) is 9.14. The Balaban J connectivity index is 1.67. The molecule has 0 unspecified atom stereocenters. The average molecular weight is 431 g/mol. The number of nitrogens with zero attached hydrogens (tertiary/aromatic N) is 2. The van der Waals surface area contributed by atoms with Crippen LogP contribution < -0.4 is 10.9 Å². The van der Waals surface area contributed by atoms with Gasteiger partial charge in [-0.15, -0.1) is 11.3 Å². The van der Waals surface area contributed by atoms with Crippen LogP contribution in [0.15, 0.2) is 64.9 Å². The van der Waals surface area contributed by atoms with Gasteiger partial charge in [0.1, 0.15) is 10.7 Å². The van der Waals surface area contributed by atoms with Crippen molar-refractivity contribution in [3.05, 3.63) is 71.2 Å². The lowest BCUT2D eigenvalue weighted by Gasteiger charge is -2.12. The number of hydrogen-bond donors (Lipinski definition) is 2. The van der Waals surface area contributed by atoms with Crippen LogP contribution in [0.5, 0.6) is 0 Å². The van der Waals surface area contributed by atoms with Crippen LogP contribution in [0.4, 0.5) is 0 Å². The number of hydrazine groups is 1. The topological polar surface area (TPSA) is 108 Å². The molecule has 0 aliphatic carbocycles.